The highest BCUT2D eigenvalue weighted by Gasteiger charge is 2.34. The lowest BCUT2D eigenvalue weighted by Gasteiger charge is -2.29. The van der Waals surface area contributed by atoms with Gasteiger partial charge in [-0.1, -0.05) is 34.1 Å². The third kappa shape index (κ3) is 3.67. The van der Waals surface area contributed by atoms with Crippen LogP contribution in [0.4, 0.5) is 0 Å². The lowest BCUT2D eigenvalue weighted by atomic mass is 9.87. The predicted octanol–water partition coefficient (Wildman–Crippen LogP) is 1.63. The van der Waals surface area contributed by atoms with Crippen LogP contribution in [0, 0.1) is 11.3 Å². The van der Waals surface area contributed by atoms with E-state index in [2.05, 4.69) is 43.4 Å². The lowest BCUT2D eigenvalue weighted by Crippen LogP contribution is -2.49. The molecule has 0 bridgehead atoms. The van der Waals surface area contributed by atoms with E-state index in [-0.39, 0.29) is 0 Å². The molecule has 1 atom stereocenters. The van der Waals surface area contributed by atoms with Crippen molar-refractivity contribution in [3.8, 4) is 0 Å². The molecular weight excluding hydrogens is 200 g/mol. The van der Waals surface area contributed by atoms with E-state index < -0.39 is 0 Å². The fourth-order valence-corrected chi connectivity index (χ4v) is 2.17. The number of hydrazine groups is 1. The van der Waals surface area contributed by atoms with Crippen LogP contribution in [0.1, 0.15) is 47.0 Å². The summed E-state index contributed by atoms with van der Waals surface area (Å²) in [5.41, 5.74) is 3.00. The number of nitrogens with two attached hydrogens (primary N) is 1. The Labute approximate surface area is 99.1 Å². The van der Waals surface area contributed by atoms with Gasteiger partial charge in [-0.05, 0) is 24.2 Å². The summed E-state index contributed by atoms with van der Waals surface area (Å²) in [5.74, 6) is 6.77. The maximum Gasteiger partial charge on any atom is 0.205 e. The molecule has 0 heterocycles. The van der Waals surface area contributed by atoms with Crippen molar-refractivity contribution < 1.29 is 0 Å². The molecule has 0 aromatic heterocycles. The van der Waals surface area contributed by atoms with Crippen LogP contribution in [-0.2, 0) is 0 Å². The van der Waals surface area contributed by atoms with Crippen molar-refractivity contribution in [1.82, 2.24) is 10.7 Å². The molecule has 0 saturated heterocycles. The topological polar surface area (TPSA) is 62.4 Å². The van der Waals surface area contributed by atoms with E-state index in [0.29, 0.717) is 17.4 Å². The number of guanidine groups is 1. The summed E-state index contributed by atoms with van der Waals surface area (Å²) >= 11 is 0. The second-order valence-electron chi connectivity index (χ2n) is 5.81. The van der Waals surface area contributed by atoms with Gasteiger partial charge >= 0.3 is 0 Å². The van der Waals surface area contributed by atoms with Gasteiger partial charge in [-0.3, -0.25) is 10.4 Å². The van der Waals surface area contributed by atoms with E-state index >= 15 is 0 Å². The zero-order valence-corrected chi connectivity index (χ0v) is 11.0. The average Bonchev–Trinajstić information content (AvgIpc) is 2.52. The molecule has 4 N–H and O–H groups in total. The second-order valence-corrected chi connectivity index (χ2v) is 5.81. The molecule has 94 valence electrons. The summed E-state index contributed by atoms with van der Waals surface area (Å²) in [6, 6.07) is 0.481. The minimum Gasteiger partial charge on any atom is -0.352 e. The molecule has 0 aliphatic heterocycles. The second kappa shape index (κ2) is 5.53. The maximum absolute atomic E-state index is 5.48. The highest BCUT2D eigenvalue weighted by Crippen LogP contribution is 2.36. The van der Waals surface area contributed by atoms with Crippen molar-refractivity contribution in [3.63, 3.8) is 0 Å². The first-order valence-corrected chi connectivity index (χ1v) is 6.23. The Hall–Kier alpha value is -0.770. The minimum atomic E-state index is 0.343. The number of rotatable bonds is 3. The van der Waals surface area contributed by atoms with Crippen LogP contribution in [0.3, 0.4) is 0 Å². The summed E-state index contributed by atoms with van der Waals surface area (Å²) in [7, 11) is 0. The molecule has 1 aliphatic carbocycles. The molecule has 1 aliphatic rings. The Morgan fingerprint density at radius 2 is 2.19 bits per heavy atom. The molecule has 0 amide bonds. The van der Waals surface area contributed by atoms with Gasteiger partial charge in [-0.15, -0.1) is 0 Å². The molecule has 0 aromatic rings. The number of hydrogen-bond donors (Lipinski definition) is 3. The smallest absolute Gasteiger partial charge is 0.205 e. The predicted molar refractivity (Wildman–Crippen MR) is 69.0 cm³/mol. The molecule has 4 nitrogen and oxygen atoms in total. The Morgan fingerprint density at radius 3 is 2.62 bits per heavy atom. The third-order valence-electron chi connectivity index (χ3n) is 3.32. The number of aliphatic imine (C=N–C) groups is 1. The van der Waals surface area contributed by atoms with Crippen LogP contribution < -0.4 is 16.6 Å². The van der Waals surface area contributed by atoms with E-state index in [9.17, 15) is 0 Å². The fraction of sp³-hybridized carbons (Fsp3) is 0.917. The maximum atomic E-state index is 5.48. The van der Waals surface area contributed by atoms with Gasteiger partial charge in [-0.2, -0.15) is 0 Å². The summed E-state index contributed by atoms with van der Waals surface area (Å²) in [6.45, 7) is 9.70. The highest BCUT2D eigenvalue weighted by molar-refractivity contribution is 5.79. The van der Waals surface area contributed by atoms with Gasteiger partial charge in [0.05, 0.1) is 0 Å². The van der Waals surface area contributed by atoms with Crippen molar-refractivity contribution in [2.75, 3.05) is 6.54 Å². The molecule has 1 unspecified atom stereocenters. The zero-order valence-electron chi connectivity index (χ0n) is 11.0. The lowest BCUT2D eigenvalue weighted by molar-refractivity contribution is 0.309. The Balaban J connectivity index is 2.53. The fourth-order valence-electron chi connectivity index (χ4n) is 2.17. The quantitative estimate of drug-likeness (QED) is 0.297. The van der Waals surface area contributed by atoms with Gasteiger partial charge < -0.3 is 5.32 Å². The molecule has 0 aromatic carbocycles. The van der Waals surface area contributed by atoms with Crippen LogP contribution in [0.2, 0.25) is 0 Å². The molecular formula is C12H26N4. The van der Waals surface area contributed by atoms with Gasteiger partial charge in [0.2, 0.25) is 5.96 Å². The van der Waals surface area contributed by atoms with Crippen molar-refractivity contribution >= 4 is 5.96 Å². The first kappa shape index (κ1) is 13.3. The van der Waals surface area contributed by atoms with E-state index in [1.807, 2.05) is 0 Å². The molecule has 0 spiro atoms. The third-order valence-corrected chi connectivity index (χ3v) is 3.32. The summed E-state index contributed by atoms with van der Waals surface area (Å²) in [4.78, 5) is 4.44. The Morgan fingerprint density at radius 1 is 1.50 bits per heavy atom. The summed E-state index contributed by atoms with van der Waals surface area (Å²) in [5, 5.41) is 3.43. The SMILES string of the molecule is CC(C)CN=C(NN)NC1CCCC1(C)C. The molecule has 1 fully saturated rings. The van der Waals surface area contributed by atoms with Crippen molar-refractivity contribution in [2.24, 2.45) is 22.2 Å². The van der Waals surface area contributed by atoms with Gasteiger partial charge in [0.15, 0.2) is 0 Å². The Bertz CT molecular complexity index is 245. The van der Waals surface area contributed by atoms with Crippen LogP contribution in [0.5, 0.6) is 0 Å². The van der Waals surface area contributed by atoms with Gasteiger partial charge in [0.1, 0.15) is 0 Å². The van der Waals surface area contributed by atoms with E-state index in [1.54, 1.807) is 0 Å². The minimum absolute atomic E-state index is 0.343. The molecule has 16 heavy (non-hydrogen) atoms. The summed E-state index contributed by atoms with van der Waals surface area (Å²) in [6.07, 6.45) is 3.76. The van der Waals surface area contributed by atoms with Crippen LogP contribution in [0.15, 0.2) is 4.99 Å². The molecule has 1 rings (SSSR count). The zero-order chi connectivity index (χ0) is 12.2. The summed E-state index contributed by atoms with van der Waals surface area (Å²) < 4.78 is 0. The number of nitrogens with zero attached hydrogens (tertiary/aromatic N) is 1. The number of hydrogen-bond acceptors (Lipinski definition) is 2. The van der Waals surface area contributed by atoms with Crippen LogP contribution >= 0.6 is 0 Å². The monoisotopic (exact) mass is 226 g/mol. The van der Waals surface area contributed by atoms with Gasteiger partial charge in [0.25, 0.3) is 0 Å². The largest absolute Gasteiger partial charge is 0.352 e. The Kier molecular flexibility index (Phi) is 4.59. The van der Waals surface area contributed by atoms with Crippen molar-refractivity contribution in [3.05, 3.63) is 0 Å². The van der Waals surface area contributed by atoms with Crippen molar-refractivity contribution in [2.45, 2.75) is 53.0 Å². The van der Waals surface area contributed by atoms with E-state index in [1.165, 1.54) is 19.3 Å². The molecule has 0 radical (unpaired) electrons. The highest BCUT2D eigenvalue weighted by atomic mass is 15.3. The van der Waals surface area contributed by atoms with Crippen LogP contribution in [0.25, 0.3) is 0 Å². The molecule has 4 heteroatoms. The van der Waals surface area contributed by atoms with Crippen LogP contribution in [-0.4, -0.2) is 18.5 Å². The average molecular weight is 226 g/mol. The van der Waals surface area contributed by atoms with Gasteiger partial charge in [-0.25, -0.2) is 5.84 Å². The first-order valence-electron chi connectivity index (χ1n) is 6.23. The number of nitrogens with one attached hydrogen (secondary N) is 2. The normalized spacial score (nSPS) is 24.9. The standard InChI is InChI=1S/C12H26N4/c1-9(2)8-14-11(16-13)15-10-6-5-7-12(10,3)4/h9-10H,5-8,13H2,1-4H3,(H2,14,15,16). The van der Waals surface area contributed by atoms with E-state index in [4.69, 9.17) is 5.84 Å². The first-order chi connectivity index (χ1) is 7.45. The van der Waals surface area contributed by atoms with Gasteiger partial charge in [0, 0.05) is 12.6 Å². The molecule has 1 saturated carbocycles. The van der Waals surface area contributed by atoms with E-state index in [0.717, 1.165) is 12.5 Å². The van der Waals surface area contributed by atoms with Crippen molar-refractivity contribution in [1.29, 1.82) is 0 Å².